The fourth-order valence-electron chi connectivity index (χ4n) is 2.97. The molecule has 1 heterocycles. The molecule has 0 radical (unpaired) electrons. The van der Waals surface area contributed by atoms with Gasteiger partial charge in [0, 0.05) is 33.2 Å². The molecule has 1 fully saturated rings. The Balaban J connectivity index is 1.71. The van der Waals surface area contributed by atoms with E-state index in [0.29, 0.717) is 11.8 Å². The number of amides is 1. The number of nitrogens with zero attached hydrogens (tertiary/aromatic N) is 2. The van der Waals surface area contributed by atoms with Crippen LogP contribution < -0.4 is 4.74 Å². The van der Waals surface area contributed by atoms with Crippen molar-refractivity contribution >= 4 is 5.91 Å². The summed E-state index contributed by atoms with van der Waals surface area (Å²) >= 11 is 0. The quantitative estimate of drug-likeness (QED) is 0.695. The van der Waals surface area contributed by atoms with Gasteiger partial charge in [-0.3, -0.25) is 9.69 Å². The van der Waals surface area contributed by atoms with Gasteiger partial charge in [-0.2, -0.15) is 0 Å². The first-order valence-corrected chi connectivity index (χ1v) is 9.18. The zero-order valence-corrected chi connectivity index (χ0v) is 15.6. The third-order valence-corrected chi connectivity index (χ3v) is 4.54. The highest BCUT2D eigenvalue weighted by molar-refractivity contribution is 5.79. The molecule has 0 aliphatic carbocycles. The molecule has 1 aliphatic rings. The van der Waals surface area contributed by atoms with E-state index in [0.717, 1.165) is 51.4 Å². The highest BCUT2D eigenvalue weighted by Gasteiger charge is 2.33. The maximum atomic E-state index is 12.2. The number of benzene rings is 1. The maximum Gasteiger partial charge on any atom is 0.228 e. The van der Waals surface area contributed by atoms with Gasteiger partial charge in [0.05, 0.1) is 12.5 Å². The van der Waals surface area contributed by atoms with E-state index in [1.54, 1.807) is 0 Å². The maximum absolute atomic E-state index is 12.2. The Labute approximate surface area is 146 Å². The van der Waals surface area contributed by atoms with E-state index in [1.807, 2.05) is 24.1 Å². The van der Waals surface area contributed by atoms with Crippen molar-refractivity contribution in [2.75, 3.05) is 33.3 Å². The van der Waals surface area contributed by atoms with Crippen LogP contribution >= 0.6 is 0 Å². The molecule has 4 heteroatoms. The van der Waals surface area contributed by atoms with Crippen molar-refractivity contribution < 1.29 is 9.53 Å². The van der Waals surface area contributed by atoms with E-state index < -0.39 is 0 Å². The van der Waals surface area contributed by atoms with Gasteiger partial charge in [0.2, 0.25) is 5.91 Å². The lowest BCUT2D eigenvalue weighted by molar-refractivity contribution is -0.140. The van der Waals surface area contributed by atoms with Gasteiger partial charge in [-0.15, -0.1) is 0 Å². The topological polar surface area (TPSA) is 32.8 Å². The number of carbonyl (C=O) groups excluding carboxylic acids is 1. The van der Waals surface area contributed by atoms with Crippen LogP contribution in [0.3, 0.4) is 0 Å². The van der Waals surface area contributed by atoms with Crippen LogP contribution in [0.4, 0.5) is 0 Å². The molecule has 0 saturated carbocycles. The predicted octanol–water partition coefficient (Wildman–Crippen LogP) is 3.41. The van der Waals surface area contributed by atoms with Gasteiger partial charge < -0.3 is 9.64 Å². The minimum absolute atomic E-state index is 0.181. The monoisotopic (exact) mass is 332 g/mol. The fraction of sp³-hybridized carbons (Fsp3) is 0.650. The number of rotatable bonds is 9. The Morgan fingerprint density at radius 3 is 2.54 bits per heavy atom. The highest BCUT2D eigenvalue weighted by atomic mass is 16.5. The number of hydrogen-bond donors (Lipinski definition) is 0. The lowest BCUT2D eigenvalue weighted by atomic mass is 9.97. The molecule has 1 amide bonds. The molecule has 1 aliphatic heterocycles. The van der Waals surface area contributed by atoms with Crippen molar-refractivity contribution in [2.24, 2.45) is 11.8 Å². The van der Waals surface area contributed by atoms with Crippen LogP contribution in [0.5, 0.6) is 5.75 Å². The molecule has 0 atom stereocenters. The Morgan fingerprint density at radius 2 is 1.96 bits per heavy atom. The summed E-state index contributed by atoms with van der Waals surface area (Å²) in [6, 6.07) is 8.35. The van der Waals surface area contributed by atoms with Gasteiger partial charge in [0.15, 0.2) is 0 Å². The SMILES string of the molecule is CCCN(C)C(=O)C1CN(Cc2ccc(OCCC(C)C)cc2)C1. The summed E-state index contributed by atoms with van der Waals surface area (Å²) < 4.78 is 5.75. The van der Waals surface area contributed by atoms with E-state index >= 15 is 0 Å². The Bertz CT molecular complexity index is 507. The van der Waals surface area contributed by atoms with E-state index in [9.17, 15) is 4.79 Å². The first kappa shape index (κ1) is 18.8. The number of hydrogen-bond acceptors (Lipinski definition) is 3. The van der Waals surface area contributed by atoms with Crippen LogP contribution in [-0.2, 0) is 11.3 Å². The second-order valence-corrected chi connectivity index (χ2v) is 7.33. The van der Waals surface area contributed by atoms with Crippen LogP contribution in [-0.4, -0.2) is 49.0 Å². The van der Waals surface area contributed by atoms with Gasteiger partial charge in [-0.05, 0) is 36.5 Å². The van der Waals surface area contributed by atoms with Crippen LogP contribution in [0, 0.1) is 11.8 Å². The van der Waals surface area contributed by atoms with Crippen LogP contribution in [0.2, 0.25) is 0 Å². The molecule has 24 heavy (non-hydrogen) atoms. The zero-order valence-electron chi connectivity index (χ0n) is 15.6. The first-order chi connectivity index (χ1) is 11.5. The molecule has 1 aromatic rings. The van der Waals surface area contributed by atoms with Crippen molar-refractivity contribution in [1.29, 1.82) is 0 Å². The molecule has 134 valence electrons. The molecule has 0 bridgehead atoms. The molecule has 4 nitrogen and oxygen atoms in total. The van der Waals surface area contributed by atoms with Gasteiger partial charge in [0.25, 0.3) is 0 Å². The van der Waals surface area contributed by atoms with Crippen LogP contribution in [0.25, 0.3) is 0 Å². The highest BCUT2D eigenvalue weighted by Crippen LogP contribution is 2.22. The van der Waals surface area contributed by atoms with Crippen molar-refractivity contribution in [3.8, 4) is 5.75 Å². The standard InChI is InChI=1S/C20H32N2O2/c1-5-11-21(4)20(23)18-14-22(15-18)13-17-6-8-19(9-7-17)24-12-10-16(2)3/h6-9,16,18H,5,10-15H2,1-4H3. The summed E-state index contributed by atoms with van der Waals surface area (Å²) in [5, 5.41) is 0. The minimum Gasteiger partial charge on any atom is -0.494 e. The Hall–Kier alpha value is -1.55. The van der Waals surface area contributed by atoms with E-state index in [-0.39, 0.29) is 5.92 Å². The summed E-state index contributed by atoms with van der Waals surface area (Å²) in [7, 11) is 1.91. The summed E-state index contributed by atoms with van der Waals surface area (Å²) in [5.74, 6) is 2.09. The average Bonchev–Trinajstić information content (AvgIpc) is 2.51. The molecule has 0 N–H and O–H groups in total. The van der Waals surface area contributed by atoms with Gasteiger partial charge >= 0.3 is 0 Å². The summed E-state index contributed by atoms with van der Waals surface area (Å²) in [6.45, 7) is 10.8. The third kappa shape index (κ3) is 5.52. The first-order valence-electron chi connectivity index (χ1n) is 9.18. The smallest absolute Gasteiger partial charge is 0.228 e. The molecular formula is C20H32N2O2. The Morgan fingerprint density at radius 1 is 1.29 bits per heavy atom. The summed E-state index contributed by atoms with van der Waals surface area (Å²) in [6.07, 6.45) is 2.10. The number of likely N-dealkylation sites (tertiary alicyclic amines) is 1. The molecular weight excluding hydrogens is 300 g/mol. The summed E-state index contributed by atoms with van der Waals surface area (Å²) in [4.78, 5) is 16.4. The molecule has 0 aromatic heterocycles. The fourth-order valence-corrected chi connectivity index (χ4v) is 2.97. The second kappa shape index (κ2) is 9.07. The van der Waals surface area contributed by atoms with Gasteiger partial charge in [0.1, 0.15) is 5.75 Å². The average molecular weight is 332 g/mol. The van der Waals surface area contributed by atoms with E-state index in [2.05, 4.69) is 37.8 Å². The minimum atomic E-state index is 0.181. The molecule has 0 unspecified atom stereocenters. The largest absolute Gasteiger partial charge is 0.494 e. The lowest BCUT2D eigenvalue weighted by Gasteiger charge is -2.40. The lowest BCUT2D eigenvalue weighted by Crippen LogP contribution is -2.53. The normalized spacial score (nSPS) is 15.4. The van der Waals surface area contributed by atoms with Crippen LogP contribution in [0.1, 0.15) is 39.2 Å². The zero-order chi connectivity index (χ0) is 17.5. The van der Waals surface area contributed by atoms with Crippen molar-refractivity contribution in [3.05, 3.63) is 29.8 Å². The number of carbonyl (C=O) groups is 1. The molecule has 0 spiro atoms. The van der Waals surface area contributed by atoms with Crippen molar-refractivity contribution in [3.63, 3.8) is 0 Å². The Kier molecular flexibility index (Phi) is 7.10. The second-order valence-electron chi connectivity index (χ2n) is 7.33. The van der Waals surface area contributed by atoms with Crippen molar-refractivity contribution in [1.82, 2.24) is 9.80 Å². The van der Waals surface area contributed by atoms with Gasteiger partial charge in [-0.1, -0.05) is 32.9 Å². The number of ether oxygens (including phenoxy) is 1. The van der Waals surface area contributed by atoms with E-state index in [4.69, 9.17) is 4.74 Å². The van der Waals surface area contributed by atoms with E-state index in [1.165, 1.54) is 5.56 Å². The third-order valence-electron chi connectivity index (χ3n) is 4.54. The van der Waals surface area contributed by atoms with Crippen LogP contribution in [0.15, 0.2) is 24.3 Å². The molecule has 2 rings (SSSR count). The van der Waals surface area contributed by atoms with Crippen molar-refractivity contribution in [2.45, 2.75) is 40.2 Å². The molecule has 1 saturated heterocycles. The van der Waals surface area contributed by atoms with Gasteiger partial charge in [-0.25, -0.2) is 0 Å². The predicted molar refractivity (Wildman–Crippen MR) is 98.1 cm³/mol. The summed E-state index contributed by atoms with van der Waals surface area (Å²) in [5.41, 5.74) is 1.28. The molecule has 1 aromatic carbocycles.